The molecule has 0 heterocycles. The molecule has 0 aromatic heterocycles. The lowest BCUT2D eigenvalue weighted by atomic mass is 10.3. The average Bonchev–Trinajstić information content (AvgIpc) is 2.28. The van der Waals surface area contributed by atoms with Gasteiger partial charge in [0.1, 0.15) is 0 Å². The molecule has 0 rings (SSSR count). The van der Waals surface area contributed by atoms with Crippen molar-refractivity contribution in [3.8, 4) is 0 Å². The van der Waals surface area contributed by atoms with Crippen LogP contribution in [0.4, 0.5) is 0 Å². The second-order valence-corrected chi connectivity index (χ2v) is 7.37. The molecule has 0 amide bonds. The van der Waals surface area contributed by atoms with Crippen LogP contribution < -0.4 is 0 Å². The van der Waals surface area contributed by atoms with Crippen LogP contribution in [-0.4, -0.2) is 101 Å². The van der Waals surface area contributed by atoms with Crippen LogP contribution in [0.25, 0.3) is 0 Å². The van der Waals surface area contributed by atoms with Crippen molar-refractivity contribution in [2.24, 2.45) is 0 Å². The van der Waals surface area contributed by atoms with Crippen LogP contribution in [0.5, 0.6) is 0 Å². The Labute approximate surface area is 127 Å². The Morgan fingerprint density at radius 3 is 1.81 bits per heavy atom. The maximum Gasteiger partial charge on any atom is 0.0999 e. The van der Waals surface area contributed by atoms with Crippen molar-refractivity contribution >= 4 is 10.1 Å². The number of rotatable bonds is 10. The Morgan fingerprint density at radius 1 is 1.00 bits per heavy atom. The van der Waals surface area contributed by atoms with Crippen LogP contribution in [0.1, 0.15) is 6.42 Å². The molecule has 130 valence electrons. The maximum absolute atomic E-state index is 10.8. The summed E-state index contributed by atoms with van der Waals surface area (Å²) in [6.45, 7) is -0.487. The van der Waals surface area contributed by atoms with E-state index in [0.717, 1.165) is 4.48 Å². The quantitative estimate of drug-likeness (QED) is 0.288. The van der Waals surface area contributed by atoms with E-state index >= 15 is 0 Å². The molecule has 9 heteroatoms. The van der Waals surface area contributed by atoms with Gasteiger partial charge in [0.15, 0.2) is 0 Å². The number of ether oxygens (including phenoxy) is 2. The van der Waals surface area contributed by atoms with E-state index < -0.39 is 15.4 Å². The fourth-order valence-electron chi connectivity index (χ4n) is 0.972. The minimum absolute atomic E-state index is 0.0104. The van der Waals surface area contributed by atoms with Crippen LogP contribution in [-0.2, 0) is 19.6 Å². The standard InChI is InChI=1S/C8H18O7S.C4H12N/c9-2-5-14-4-1-8(16(11,12)13)7-15-6-3-10;1-5(2,3)4/h8-10H,1-7H2,(H,11,12,13);1-4H3/q;+1/p-1. The lowest BCUT2D eigenvalue weighted by Crippen LogP contribution is -2.28. The van der Waals surface area contributed by atoms with Gasteiger partial charge in [-0.1, -0.05) is 0 Å². The lowest BCUT2D eigenvalue weighted by Gasteiger charge is -2.20. The predicted octanol–water partition coefficient (Wildman–Crippen LogP) is -1.37. The van der Waals surface area contributed by atoms with Gasteiger partial charge < -0.3 is 28.7 Å². The predicted molar refractivity (Wildman–Crippen MR) is 77.9 cm³/mol. The molecular formula is C12H29NO7S. The van der Waals surface area contributed by atoms with E-state index in [1.54, 1.807) is 0 Å². The number of aliphatic hydroxyl groups is 2. The van der Waals surface area contributed by atoms with Gasteiger partial charge >= 0.3 is 0 Å². The molecule has 0 aromatic carbocycles. The van der Waals surface area contributed by atoms with E-state index in [0.29, 0.717) is 0 Å². The Morgan fingerprint density at radius 2 is 1.43 bits per heavy atom. The smallest absolute Gasteiger partial charge is 0.0999 e. The maximum atomic E-state index is 10.8. The van der Waals surface area contributed by atoms with Crippen molar-refractivity contribution in [3.05, 3.63) is 0 Å². The third kappa shape index (κ3) is 22.1. The van der Waals surface area contributed by atoms with E-state index in [9.17, 15) is 13.0 Å². The van der Waals surface area contributed by atoms with Gasteiger partial charge in [-0.3, -0.25) is 0 Å². The second kappa shape index (κ2) is 12.3. The van der Waals surface area contributed by atoms with E-state index in [1.807, 2.05) is 0 Å². The molecule has 0 spiro atoms. The first kappa shape index (κ1) is 23.0. The molecule has 2 N–H and O–H groups in total. The summed E-state index contributed by atoms with van der Waals surface area (Å²) < 4.78 is 43.0. The number of hydrogen-bond donors (Lipinski definition) is 2. The van der Waals surface area contributed by atoms with Gasteiger partial charge in [0.2, 0.25) is 0 Å². The Bertz CT molecular complexity index is 321. The molecule has 0 fully saturated rings. The molecule has 0 saturated carbocycles. The van der Waals surface area contributed by atoms with Gasteiger partial charge in [-0.15, -0.1) is 0 Å². The molecule has 0 bridgehead atoms. The summed E-state index contributed by atoms with van der Waals surface area (Å²) in [5.74, 6) is 0. The summed E-state index contributed by atoms with van der Waals surface area (Å²) in [7, 11) is 4.07. The fraction of sp³-hybridized carbons (Fsp3) is 1.00. The molecule has 0 aliphatic rings. The highest BCUT2D eigenvalue weighted by molar-refractivity contribution is 7.86. The molecule has 0 radical (unpaired) electrons. The van der Waals surface area contributed by atoms with Crippen LogP contribution >= 0.6 is 0 Å². The van der Waals surface area contributed by atoms with Gasteiger partial charge in [0.25, 0.3) is 0 Å². The number of quaternary nitrogens is 1. The number of hydrogen-bond acceptors (Lipinski definition) is 7. The van der Waals surface area contributed by atoms with Gasteiger partial charge in [0.05, 0.1) is 76.6 Å². The zero-order valence-electron chi connectivity index (χ0n) is 13.3. The summed E-state index contributed by atoms with van der Waals surface area (Å²) >= 11 is 0. The molecule has 0 saturated heterocycles. The van der Waals surface area contributed by atoms with Gasteiger partial charge in [0, 0.05) is 6.61 Å². The molecule has 0 aliphatic carbocycles. The molecule has 8 nitrogen and oxygen atoms in total. The van der Waals surface area contributed by atoms with Crippen LogP contribution in [0.3, 0.4) is 0 Å². The van der Waals surface area contributed by atoms with Gasteiger partial charge in [-0.2, -0.15) is 0 Å². The first-order chi connectivity index (χ1) is 9.52. The van der Waals surface area contributed by atoms with Crippen molar-refractivity contribution in [1.82, 2.24) is 0 Å². The van der Waals surface area contributed by atoms with Gasteiger partial charge in [-0.05, 0) is 6.42 Å². The first-order valence-electron chi connectivity index (χ1n) is 6.63. The summed E-state index contributed by atoms with van der Waals surface area (Å²) in [5.41, 5.74) is 0. The van der Waals surface area contributed by atoms with E-state index in [-0.39, 0.29) is 46.1 Å². The zero-order chi connectivity index (χ0) is 16.9. The van der Waals surface area contributed by atoms with Crippen molar-refractivity contribution in [2.45, 2.75) is 11.7 Å². The first-order valence-corrected chi connectivity index (χ1v) is 8.10. The minimum atomic E-state index is -4.43. The second-order valence-electron chi connectivity index (χ2n) is 5.72. The Hall–Kier alpha value is -0.290. The molecule has 21 heavy (non-hydrogen) atoms. The molecule has 0 aliphatic heterocycles. The van der Waals surface area contributed by atoms with E-state index in [2.05, 4.69) is 28.2 Å². The molecule has 1 atom stereocenters. The fourth-order valence-corrected chi connectivity index (χ4v) is 1.62. The summed E-state index contributed by atoms with van der Waals surface area (Å²) in [5, 5.41) is 15.6. The third-order valence-electron chi connectivity index (χ3n) is 1.77. The third-order valence-corrected chi connectivity index (χ3v) is 2.96. The summed E-state index contributed by atoms with van der Waals surface area (Å²) in [4.78, 5) is 0. The SMILES string of the molecule is C[N+](C)(C)C.O=S(=O)([O-])C(CCOCCO)COCCO. The summed E-state index contributed by atoms with van der Waals surface area (Å²) in [6.07, 6.45) is 0.0112. The average molecular weight is 331 g/mol. The zero-order valence-corrected chi connectivity index (χ0v) is 14.1. The number of aliphatic hydroxyl groups excluding tert-OH is 2. The highest BCUT2D eigenvalue weighted by Gasteiger charge is 2.16. The van der Waals surface area contributed by atoms with Crippen molar-refractivity contribution in [3.63, 3.8) is 0 Å². The van der Waals surface area contributed by atoms with Crippen molar-refractivity contribution in [1.29, 1.82) is 0 Å². The molecule has 1 unspecified atom stereocenters. The largest absolute Gasteiger partial charge is 0.748 e. The molecular weight excluding hydrogens is 302 g/mol. The topological polar surface area (TPSA) is 116 Å². The van der Waals surface area contributed by atoms with E-state index in [1.165, 1.54) is 0 Å². The lowest BCUT2D eigenvalue weighted by molar-refractivity contribution is -0.849. The van der Waals surface area contributed by atoms with Crippen molar-refractivity contribution < 1.29 is 37.1 Å². The van der Waals surface area contributed by atoms with Gasteiger partial charge in [-0.25, -0.2) is 8.42 Å². The number of nitrogens with zero attached hydrogens (tertiary/aromatic N) is 1. The highest BCUT2D eigenvalue weighted by Crippen LogP contribution is 2.05. The van der Waals surface area contributed by atoms with Crippen LogP contribution in [0.2, 0.25) is 0 Å². The Balaban J connectivity index is 0. The molecule has 0 aromatic rings. The minimum Gasteiger partial charge on any atom is -0.748 e. The summed E-state index contributed by atoms with van der Waals surface area (Å²) in [6, 6.07) is 0. The Kier molecular flexibility index (Phi) is 13.4. The highest BCUT2D eigenvalue weighted by atomic mass is 32.2. The normalized spacial score (nSPS) is 13.5. The van der Waals surface area contributed by atoms with Crippen molar-refractivity contribution in [2.75, 3.05) is 67.8 Å². The van der Waals surface area contributed by atoms with Crippen LogP contribution in [0, 0.1) is 0 Å². The monoisotopic (exact) mass is 331 g/mol. The van der Waals surface area contributed by atoms with E-state index in [4.69, 9.17) is 19.7 Å². The van der Waals surface area contributed by atoms with Crippen LogP contribution in [0.15, 0.2) is 0 Å².